The van der Waals surface area contributed by atoms with Crippen LogP contribution >= 0.6 is 11.8 Å². The molecule has 0 fully saturated rings. The molecule has 62 valence electrons. The first kappa shape index (κ1) is 7.61. The highest BCUT2D eigenvalue weighted by Gasteiger charge is 2.08. The molecule has 0 aliphatic carbocycles. The van der Waals surface area contributed by atoms with E-state index in [1.807, 2.05) is 36.3 Å². The van der Waals surface area contributed by atoms with Gasteiger partial charge in [-0.05, 0) is 12.3 Å². The summed E-state index contributed by atoms with van der Waals surface area (Å²) < 4.78 is 1.97. The number of aromatic nitrogens is 3. The zero-order valence-corrected chi connectivity index (χ0v) is 7.80. The third-order valence-corrected chi connectivity index (χ3v) is 2.22. The number of rotatable bonds is 1. The highest BCUT2D eigenvalue weighted by Crippen LogP contribution is 2.21. The van der Waals surface area contributed by atoms with Crippen molar-refractivity contribution in [1.82, 2.24) is 14.5 Å². The topological polar surface area (TPSA) is 30.7 Å². The predicted octanol–water partition coefficient (Wildman–Crippen LogP) is 1.64. The summed E-state index contributed by atoms with van der Waals surface area (Å²) in [7, 11) is 1.98. The Morgan fingerprint density at radius 2 is 2.08 bits per heavy atom. The van der Waals surface area contributed by atoms with E-state index in [9.17, 15) is 0 Å². The van der Waals surface area contributed by atoms with E-state index in [-0.39, 0.29) is 0 Å². The van der Waals surface area contributed by atoms with Crippen LogP contribution in [0.5, 0.6) is 0 Å². The average Bonchev–Trinajstić information content (AvgIpc) is 2.46. The van der Waals surface area contributed by atoms with Crippen LogP contribution in [-0.4, -0.2) is 20.8 Å². The lowest BCUT2D eigenvalue weighted by Gasteiger charge is -1.98. The Morgan fingerprint density at radius 3 is 2.83 bits per heavy atom. The van der Waals surface area contributed by atoms with Gasteiger partial charge in [-0.15, -0.1) is 0 Å². The third kappa shape index (κ3) is 1.18. The normalized spacial score (nSPS) is 10.8. The molecular formula is C8H9N3S. The van der Waals surface area contributed by atoms with E-state index >= 15 is 0 Å². The lowest BCUT2D eigenvalue weighted by molar-refractivity contribution is 0.900. The standard InChI is InChI=1S/C8H9N3S/c1-11-4-3-6-7(5-11)10-8(9-6)12-2/h3-5H,1-2H3. The molecule has 0 N–H and O–H groups in total. The van der Waals surface area contributed by atoms with Gasteiger partial charge in [-0.1, -0.05) is 11.8 Å². The third-order valence-electron chi connectivity index (χ3n) is 1.67. The van der Waals surface area contributed by atoms with Crippen molar-refractivity contribution in [3.63, 3.8) is 0 Å². The maximum atomic E-state index is 4.32. The van der Waals surface area contributed by atoms with Crippen molar-refractivity contribution >= 4 is 11.8 Å². The van der Waals surface area contributed by atoms with E-state index in [0.717, 1.165) is 16.5 Å². The summed E-state index contributed by atoms with van der Waals surface area (Å²) in [5, 5.41) is 0.844. The highest BCUT2D eigenvalue weighted by molar-refractivity contribution is 7.98. The van der Waals surface area contributed by atoms with E-state index in [0.29, 0.717) is 0 Å². The van der Waals surface area contributed by atoms with Crippen LogP contribution in [0, 0.1) is 0 Å². The second kappa shape index (κ2) is 2.79. The molecule has 0 bridgehead atoms. The molecule has 0 amide bonds. The Morgan fingerprint density at radius 1 is 1.33 bits per heavy atom. The van der Waals surface area contributed by atoms with E-state index < -0.39 is 0 Å². The average molecular weight is 179 g/mol. The van der Waals surface area contributed by atoms with Gasteiger partial charge in [-0.25, -0.2) is 9.97 Å². The molecule has 0 aromatic carbocycles. The molecule has 2 aliphatic heterocycles. The largest absolute Gasteiger partial charge is 0.355 e. The zero-order chi connectivity index (χ0) is 8.55. The lowest BCUT2D eigenvalue weighted by atomic mass is 10.3. The molecule has 0 saturated carbocycles. The maximum absolute atomic E-state index is 4.32. The van der Waals surface area contributed by atoms with Crippen LogP contribution in [0.2, 0.25) is 0 Å². The molecule has 0 radical (unpaired) electrons. The van der Waals surface area contributed by atoms with Gasteiger partial charge >= 0.3 is 0 Å². The van der Waals surface area contributed by atoms with Crippen molar-refractivity contribution in [3.05, 3.63) is 18.5 Å². The number of fused-ring (bicyclic) bond motifs is 1. The maximum Gasteiger partial charge on any atom is 0.188 e. The molecule has 2 aliphatic rings. The first-order chi connectivity index (χ1) is 5.79. The Hall–Kier alpha value is -1.03. The number of aryl methyl sites for hydroxylation is 1. The predicted molar refractivity (Wildman–Crippen MR) is 49.4 cm³/mol. The van der Waals surface area contributed by atoms with Gasteiger partial charge in [0.25, 0.3) is 0 Å². The van der Waals surface area contributed by atoms with Crippen LogP contribution < -0.4 is 0 Å². The minimum atomic E-state index is 0.844. The van der Waals surface area contributed by atoms with Crippen LogP contribution in [0.3, 0.4) is 0 Å². The van der Waals surface area contributed by atoms with Crippen molar-refractivity contribution in [1.29, 1.82) is 0 Å². The van der Waals surface area contributed by atoms with Crippen molar-refractivity contribution in [3.8, 4) is 11.4 Å². The molecular weight excluding hydrogens is 170 g/mol. The molecule has 0 atom stereocenters. The number of hydrogen-bond donors (Lipinski definition) is 0. The van der Waals surface area contributed by atoms with Crippen LogP contribution in [0.25, 0.3) is 11.4 Å². The van der Waals surface area contributed by atoms with Crippen LogP contribution in [0.15, 0.2) is 23.6 Å². The molecule has 4 heteroatoms. The molecule has 2 rings (SSSR count). The monoisotopic (exact) mass is 179 g/mol. The Bertz CT molecular complexity index is 369. The second-order valence-electron chi connectivity index (χ2n) is 2.59. The van der Waals surface area contributed by atoms with Crippen molar-refractivity contribution < 1.29 is 0 Å². The van der Waals surface area contributed by atoms with Crippen molar-refractivity contribution in [2.45, 2.75) is 5.16 Å². The number of nitrogens with zero attached hydrogens (tertiary/aromatic N) is 3. The highest BCUT2D eigenvalue weighted by atomic mass is 32.2. The first-order valence-electron chi connectivity index (χ1n) is 3.63. The second-order valence-corrected chi connectivity index (χ2v) is 3.36. The summed E-state index contributed by atoms with van der Waals surface area (Å²) in [6.07, 6.45) is 5.93. The quantitative estimate of drug-likeness (QED) is 0.623. The van der Waals surface area contributed by atoms with Gasteiger partial charge in [0.1, 0.15) is 5.69 Å². The Balaban J connectivity index is 2.60. The summed E-state index contributed by atoms with van der Waals surface area (Å²) in [4.78, 5) is 8.63. The van der Waals surface area contributed by atoms with Gasteiger partial charge < -0.3 is 4.57 Å². The summed E-state index contributed by atoms with van der Waals surface area (Å²) in [6.45, 7) is 0. The SMILES string of the molecule is CSc1nc2ccn(C)cc-2n1. The molecule has 0 saturated heterocycles. The van der Waals surface area contributed by atoms with Crippen LogP contribution in [0.4, 0.5) is 0 Å². The fourth-order valence-corrected chi connectivity index (χ4v) is 1.46. The molecule has 12 heavy (non-hydrogen) atoms. The lowest BCUT2D eigenvalue weighted by Crippen LogP contribution is -1.90. The molecule has 0 aromatic heterocycles. The van der Waals surface area contributed by atoms with Gasteiger partial charge in [0, 0.05) is 19.4 Å². The van der Waals surface area contributed by atoms with Gasteiger partial charge in [0.05, 0.1) is 5.69 Å². The van der Waals surface area contributed by atoms with Crippen LogP contribution in [-0.2, 0) is 7.05 Å². The Kier molecular flexibility index (Phi) is 1.77. The smallest absolute Gasteiger partial charge is 0.188 e. The fraction of sp³-hybridized carbons (Fsp3) is 0.250. The molecule has 3 nitrogen and oxygen atoms in total. The van der Waals surface area contributed by atoms with Gasteiger partial charge in [0.2, 0.25) is 0 Å². The summed E-state index contributed by atoms with van der Waals surface area (Å²) >= 11 is 1.57. The minimum Gasteiger partial charge on any atom is -0.355 e. The molecule has 0 spiro atoms. The Labute approximate surface area is 75.2 Å². The van der Waals surface area contributed by atoms with E-state index in [1.54, 1.807) is 11.8 Å². The van der Waals surface area contributed by atoms with E-state index in [1.165, 1.54) is 0 Å². The first-order valence-corrected chi connectivity index (χ1v) is 4.86. The van der Waals surface area contributed by atoms with Crippen molar-refractivity contribution in [2.75, 3.05) is 6.26 Å². The number of pyridine rings is 1. The number of thioether (sulfide) groups is 1. The molecule has 2 heterocycles. The minimum absolute atomic E-state index is 0.844. The molecule has 0 unspecified atom stereocenters. The van der Waals surface area contributed by atoms with Gasteiger partial charge in [0.15, 0.2) is 5.16 Å². The summed E-state index contributed by atoms with van der Waals surface area (Å²) in [5.74, 6) is 0. The molecule has 0 aromatic rings. The zero-order valence-electron chi connectivity index (χ0n) is 6.98. The van der Waals surface area contributed by atoms with Gasteiger partial charge in [-0.3, -0.25) is 0 Å². The summed E-state index contributed by atoms with van der Waals surface area (Å²) in [6, 6.07) is 1.97. The van der Waals surface area contributed by atoms with Gasteiger partial charge in [-0.2, -0.15) is 0 Å². The number of hydrogen-bond acceptors (Lipinski definition) is 3. The summed E-state index contributed by atoms with van der Waals surface area (Å²) in [5.41, 5.74) is 1.93. The fourth-order valence-electron chi connectivity index (χ4n) is 1.08. The van der Waals surface area contributed by atoms with Crippen LogP contribution in [0.1, 0.15) is 0 Å². The van der Waals surface area contributed by atoms with Crippen molar-refractivity contribution in [2.24, 2.45) is 7.05 Å². The van der Waals surface area contributed by atoms with E-state index in [4.69, 9.17) is 0 Å². The van der Waals surface area contributed by atoms with E-state index in [2.05, 4.69) is 9.97 Å². The number of imidazole rings is 1.